The Balaban J connectivity index is 1.56. The number of anilines is 1. The molecule has 1 amide bonds. The van der Waals surface area contributed by atoms with Crippen LogP contribution in [0.15, 0.2) is 53.8 Å². The molecule has 1 fully saturated rings. The number of carbonyl (C=O) groups is 1. The smallest absolute Gasteiger partial charge is 0.289 e. The lowest BCUT2D eigenvalue weighted by atomic mass is 10.1. The van der Waals surface area contributed by atoms with Gasteiger partial charge in [0, 0.05) is 25.0 Å². The van der Waals surface area contributed by atoms with E-state index in [4.69, 9.17) is 0 Å². The Bertz CT molecular complexity index is 661. The van der Waals surface area contributed by atoms with Gasteiger partial charge in [-0.2, -0.15) is 5.10 Å². The van der Waals surface area contributed by atoms with Crippen molar-refractivity contribution in [3.8, 4) is 0 Å². The third kappa shape index (κ3) is 4.16. The molecule has 1 aromatic heterocycles. The van der Waals surface area contributed by atoms with Crippen LogP contribution in [-0.4, -0.2) is 30.2 Å². The molecule has 0 atom stereocenters. The van der Waals surface area contributed by atoms with Gasteiger partial charge in [0.25, 0.3) is 5.91 Å². The average molecular weight is 308 g/mol. The highest BCUT2D eigenvalue weighted by Crippen LogP contribution is 2.19. The van der Waals surface area contributed by atoms with Crippen molar-refractivity contribution in [2.24, 2.45) is 5.10 Å². The number of hydrogen-bond acceptors (Lipinski definition) is 4. The summed E-state index contributed by atoms with van der Waals surface area (Å²) < 4.78 is 0. The van der Waals surface area contributed by atoms with Crippen LogP contribution in [0.2, 0.25) is 0 Å². The molecule has 118 valence electrons. The first kappa shape index (κ1) is 15.2. The molecule has 0 unspecified atom stereocenters. The molecule has 0 spiro atoms. The molecule has 1 aromatic carbocycles. The summed E-state index contributed by atoms with van der Waals surface area (Å²) in [7, 11) is 0. The molecule has 1 aliphatic rings. The number of aromatic nitrogens is 1. The summed E-state index contributed by atoms with van der Waals surface area (Å²) in [5, 5.41) is 3.98. The molecule has 0 radical (unpaired) electrons. The molecular formula is C18H20N4O. The molecule has 1 N–H and O–H groups in total. The minimum absolute atomic E-state index is 0.313. The Kier molecular flexibility index (Phi) is 4.99. The van der Waals surface area contributed by atoms with Gasteiger partial charge in [0.2, 0.25) is 0 Å². The van der Waals surface area contributed by atoms with E-state index >= 15 is 0 Å². The lowest BCUT2D eigenvalue weighted by Crippen LogP contribution is -2.29. The van der Waals surface area contributed by atoms with E-state index in [1.165, 1.54) is 24.9 Å². The molecule has 2 heterocycles. The van der Waals surface area contributed by atoms with E-state index in [9.17, 15) is 4.79 Å². The number of hydrogen-bond donors (Lipinski definition) is 1. The number of rotatable bonds is 4. The highest BCUT2D eigenvalue weighted by atomic mass is 16.2. The Morgan fingerprint density at radius 1 is 1.09 bits per heavy atom. The van der Waals surface area contributed by atoms with Crippen molar-refractivity contribution in [3.63, 3.8) is 0 Å². The highest BCUT2D eigenvalue weighted by molar-refractivity contribution is 5.93. The fourth-order valence-corrected chi connectivity index (χ4v) is 2.64. The molecule has 23 heavy (non-hydrogen) atoms. The molecule has 3 rings (SSSR count). The monoisotopic (exact) mass is 308 g/mol. The molecular weight excluding hydrogens is 288 g/mol. The van der Waals surface area contributed by atoms with Gasteiger partial charge in [0.05, 0.1) is 6.21 Å². The zero-order valence-electron chi connectivity index (χ0n) is 13.0. The number of nitrogens with one attached hydrogen (secondary N) is 1. The van der Waals surface area contributed by atoms with E-state index < -0.39 is 0 Å². The maximum atomic E-state index is 11.8. The summed E-state index contributed by atoms with van der Waals surface area (Å²) >= 11 is 0. The topological polar surface area (TPSA) is 57.6 Å². The van der Waals surface area contributed by atoms with E-state index in [2.05, 4.69) is 32.5 Å². The van der Waals surface area contributed by atoms with E-state index in [1.807, 2.05) is 12.1 Å². The van der Waals surface area contributed by atoms with Crippen LogP contribution in [0.5, 0.6) is 0 Å². The summed E-state index contributed by atoms with van der Waals surface area (Å²) in [5.74, 6) is -0.313. The maximum Gasteiger partial charge on any atom is 0.289 e. The number of pyridine rings is 1. The molecule has 2 aromatic rings. The fourth-order valence-electron chi connectivity index (χ4n) is 2.64. The second-order valence-electron chi connectivity index (χ2n) is 5.55. The molecule has 0 aliphatic carbocycles. The third-order valence-corrected chi connectivity index (χ3v) is 3.89. The second kappa shape index (κ2) is 7.54. The zero-order valence-corrected chi connectivity index (χ0v) is 13.0. The Labute approximate surface area is 136 Å². The van der Waals surface area contributed by atoms with Crippen molar-refractivity contribution >= 4 is 17.8 Å². The second-order valence-corrected chi connectivity index (χ2v) is 5.55. The normalized spacial score (nSPS) is 14.9. The van der Waals surface area contributed by atoms with Crippen LogP contribution in [0.1, 0.15) is 35.3 Å². The van der Waals surface area contributed by atoms with Gasteiger partial charge in [-0.05, 0) is 49.1 Å². The van der Waals surface area contributed by atoms with Crippen LogP contribution in [0.4, 0.5) is 5.69 Å². The van der Waals surface area contributed by atoms with Gasteiger partial charge < -0.3 is 4.90 Å². The standard InChI is InChI=1S/C18H20N4O/c23-18(17-6-2-3-11-19-17)21-20-14-15-7-9-16(10-8-15)22-12-4-1-5-13-22/h2-3,6-11,14H,1,4-5,12-13H2,(H,21,23)/b20-14-. The molecule has 1 saturated heterocycles. The molecule has 5 nitrogen and oxygen atoms in total. The van der Waals surface area contributed by atoms with E-state index in [1.54, 1.807) is 30.6 Å². The molecule has 1 aliphatic heterocycles. The quantitative estimate of drug-likeness (QED) is 0.698. The molecule has 5 heteroatoms. The van der Waals surface area contributed by atoms with Gasteiger partial charge in [0.15, 0.2) is 0 Å². The molecule has 0 bridgehead atoms. The van der Waals surface area contributed by atoms with Crippen molar-refractivity contribution in [2.45, 2.75) is 19.3 Å². The molecule has 0 saturated carbocycles. The van der Waals surface area contributed by atoms with Crippen molar-refractivity contribution in [3.05, 3.63) is 59.9 Å². The number of carbonyl (C=O) groups excluding carboxylic acids is 1. The van der Waals surface area contributed by atoms with Crippen molar-refractivity contribution in [1.82, 2.24) is 10.4 Å². The fraction of sp³-hybridized carbons (Fsp3) is 0.278. The van der Waals surface area contributed by atoms with Gasteiger partial charge in [-0.15, -0.1) is 0 Å². The summed E-state index contributed by atoms with van der Waals surface area (Å²) in [6.45, 7) is 2.27. The van der Waals surface area contributed by atoms with Gasteiger partial charge >= 0.3 is 0 Å². The van der Waals surface area contributed by atoms with Crippen LogP contribution in [0, 0.1) is 0 Å². The van der Waals surface area contributed by atoms with Crippen LogP contribution < -0.4 is 10.3 Å². The van der Waals surface area contributed by atoms with Crippen LogP contribution in [-0.2, 0) is 0 Å². The first-order valence-electron chi connectivity index (χ1n) is 7.92. The van der Waals surface area contributed by atoms with E-state index in [0.717, 1.165) is 18.7 Å². The van der Waals surface area contributed by atoms with Gasteiger partial charge in [0.1, 0.15) is 5.69 Å². The van der Waals surface area contributed by atoms with Gasteiger partial charge in [-0.25, -0.2) is 5.43 Å². The predicted molar refractivity (Wildman–Crippen MR) is 91.8 cm³/mol. The number of benzene rings is 1. The number of amides is 1. The van der Waals surface area contributed by atoms with E-state index in [-0.39, 0.29) is 5.91 Å². The van der Waals surface area contributed by atoms with Gasteiger partial charge in [-0.1, -0.05) is 18.2 Å². The Morgan fingerprint density at radius 3 is 2.57 bits per heavy atom. The van der Waals surface area contributed by atoms with Crippen molar-refractivity contribution in [1.29, 1.82) is 0 Å². The predicted octanol–water partition coefficient (Wildman–Crippen LogP) is 2.84. The number of hydrazone groups is 1. The third-order valence-electron chi connectivity index (χ3n) is 3.89. The Morgan fingerprint density at radius 2 is 1.87 bits per heavy atom. The highest BCUT2D eigenvalue weighted by Gasteiger charge is 2.10. The van der Waals surface area contributed by atoms with Crippen molar-refractivity contribution < 1.29 is 4.79 Å². The lowest BCUT2D eigenvalue weighted by molar-refractivity contribution is 0.0950. The summed E-state index contributed by atoms with van der Waals surface area (Å²) in [4.78, 5) is 18.2. The number of piperidine rings is 1. The van der Waals surface area contributed by atoms with Crippen molar-refractivity contribution in [2.75, 3.05) is 18.0 Å². The zero-order chi connectivity index (χ0) is 15.9. The maximum absolute atomic E-state index is 11.8. The van der Waals surface area contributed by atoms with Crippen LogP contribution in [0.3, 0.4) is 0 Å². The summed E-state index contributed by atoms with van der Waals surface area (Å²) in [6.07, 6.45) is 7.08. The SMILES string of the molecule is O=C(N/N=C\c1ccc(N2CCCCC2)cc1)c1ccccn1. The lowest BCUT2D eigenvalue weighted by Gasteiger charge is -2.28. The number of nitrogens with zero attached hydrogens (tertiary/aromatic N) is 3. The average Bonchev–Trinajstić information content (AvgIpc) is 2.64. The minimum atomic E-state index is -0.313. The minimum Gasteiger partial charge on any atom is -0.372 e. The first-order chi connectivity index (χ1) is 11.3. The van der Waals surface area contributed by atoms with Crippen LogP contribution in [0.25, 0.3) is 0 Å². The summed E-state index contributed by atoms with van der Waals surface area (Å²) in [6, 6.07) is 13.4. The Hall–Kier alpha value is -2.69. The largest absolute Gasteiger partial charge is 0.372 e. The van der Waals surface area contributed by atoms with Crippen LogP contribution >= 0.6 is 0 Å². The van der Waals surface area contributed by atoms with Gasteiger partial charge in [-0.3, -0.25) is 9.78 Å². The van der Waals surface area contributed by atoms with E-state index in [0.29, 0.717) is 5.69 Å². The first-order valence-corrected chi connectivity index (χ1v) is 7.92. The summed E-state index contributed by atoms with van der Waals surface area (Å²) in [5.41, 5.74) is 5.04.